The fourth-order valence-corrected chi connectivity index (χ4v) is 6.09. The largest absolute Gasteiger partial charge is 0.463 e. The summed E-state index contributed by atoms with van der Waals surface area (Å²) in [4.78, 5) is 22.6. The standard InChI is InChI=1S/C20H28O4/c1-3-17(21)23-7-5-19-10-15-9-16(11-19)13-20(12-15,14-19)6-8-24-18(22)4-2/h3-4,15-16H,1-2,5-14H2. The topological polar surface area (TPSA) is 52.6 Å². The molecule has 0 amide bonds. The van der Waals surface area contributed by atoms with Gasteiger partial charge in [0.2, 0.25) is 0 Å². The first-order valence-corrected chi connectivity index (χ1v) is 9.07. The zero-order chi connectivity index (χ0) is 17.2. The molecule has 4 aliphatic rings. The fourth-order valence-electron chi connectivity index (χ4n) is 6.09. The zero-order valence-corrected chi connectivity index (χ0v) is 14.4. The highest BCUT2D eigenvalue weighted by Crippen LogP contribution is 2.67. The van der Waals surface area contributed by atoms with Gasteiger partial charge in [-0.25, -0.2) is 9.59 Å². The van der Waals surface area contributed by atoms with Gasteiger partial charge in [0.05, 0.1) is 13.2 Å². The first kappa shape index (κ1) is 17.2. The first-order chi connectivity index (χ1) is 11.5. The van der Waals surface area contributed by atoms with E-state index in [1.807, 2.05) is 0 Å². The van der Waals surface area contributed by atoms with E-state index in [9.17, 15) is 9.59 Å². The van der Waals surface area contributed by atoms with Crippen LogP contribution in [0.2, 0.25) is 0 Å². The Bertz CT molecular complexity index is 478. The third kappa shape index (κ3) is 3.57. The third-order valence-corrected chi connectivity index (χ3v) is 6.39. The fraction of sp³-hybridized carbons (Fsp3) is 0.700. The lowest BCUT2D eigenvalue weighted by Crippen LogP contribution is -2.52. The number of hydrogen-bond acceptors (Lipinski definition) is 4. The zero-order valence-electron chi connectivity index (χ0n) is 14.4. The molecule has 24 heavy (non-hydrogen) atoms. The molecular weight excluding hydrogens is 304 g/mol. The summed E-state index contributed by atoms with van der Waals surface area (Å²) in [5, 5.41) is 0. The molecule has 132 valence electrons. The van der Waals surface area contributed by atoms with Crippen molar-refractivity contribution in [3.63, 3.8) is 0 Å². The Hall–Kier alpha value is -1.58. The Balaban J connectivity index is 1.61. The molecule has 0 atom stereocenters. The second-order valence-electron chi connectivity index (χ2n) is 8.20. The van der Waals surface area contributed by atoms with E-state index in [4.69, 9.17) is 9.47 Å². The lowest BCUT2D eigenvalue weighted by molar-refractivity contribution is -0.148. The molecule has 0 N–H and O–H groups in total. The number of carbonyl (C=O) groups excluding carboxylic acids is 2. The summed E-state index contributed by atoms with van der Waals surface area (Å²) < 4.78 is 10.5. The highest BCUT2D eigenvalue weighted by molar-refractivity contribution is 5.81. The van der Waals surface area contributed by atoms with Gasteiger partial charge in [0.15, 0.2) is 0 Å². The number of esters is 2. The predicted molar refractivity (Wildman–Crippen MR) is 91.1 cm³/mol. The van der Waals surface area contributed by atoms with Gasteiger partial charge in [-0.15, -0.1) is 0 Å². The summed E-state index contributed by atoms with van der Waals surface area (Å²) in [6.45, 7) is 7.88. The molecule has 0 saturated heterocycles. The molecule has 4 fully saturated rings. The molecule has 4 saturated carbocycles. The van der Waals surface area contributed by atoms with Crippen molar-refractivity contribution in [2.45, 2.75) is 51.4 Å². The van der Waals surface area contributed by atoms with Gasteiger partial charge in [0.25, 0.3) is 0 Å². The predicted octanol–water partition coefficient (Wildman–Crippen LogP) is 3.81. The highest BCUT2D eigenvalue weighted by Gasteiger charge is 2.57. The van der Waals surface area contributed by atoms with E-state index in [1.165, 1.54) is 50.7 Å². The van der Waals surface area contributed by atoms with Gasteiger partial charge < -0.3 is 9.47 Å². The van der Waals surface area contributed by atoms with Crippen LogP contribution in [0.15, 0.2) is 25.3 Å². The molecule has 4 aliphatic carbocycles. The van der Waals surface area contributed by atoms with Crippen LogP contribution < -0.4 is 0 Å². The molecule has 4 bridgehead atoms. The Kier molecular flexibility index (Phi) is 4.84. The molecule has 4 rings (SSSR count). The van der Waals surface area contributed by atoms with E-state index in [0.717, 1.165) is 24.7 Å². The maximum Gasteiger partial charge on any atom is 0.330 e. The SMILES string of the molecule is C=CC(=O)OCCC12CC3CC(C1)CC(CCOC(=O)C=C)(C3)C2. The van der Waals surface area contributed by atoms with Crippen molar-refractivity contribution in [3.8, 4) is 0 Å². The van der Waals surface area contributed by atoms with Crippen molar-refractivity contribution in [1.29, 1.82) is 0 Å². The molecular formula is C20H28O4. The summed E-state index contributed by atoms with van der Waals surface area (Å²) in [5.41, 5.74) is 0.627. The second-order valence-corrected chi connectivity index (χ2v) is 8.20. The van der Waals surface area contributed by atoms with Crippen molar-refractivity contribution < 1.29 is 19.1 Å². The Morgan fingerprint density at radius 2 is 1.29 bits per heavy atom. The average Bonchev–Trinajstić information content (AvgIpc) is 2.52. The monoisotopic (exact) mass is 332 g/mol. The maximum absolute atomic E-state index is 11.3. The normalized spacial score (nSPS) is 36.2. The summed E-state index contributed by atoms with van der Waals surface area (Å²) in [6.07, 6.45) is 12.0. The molecule has 0 heterocycles. The lowest BCUT2D eigenvalue weighted by Gasteiger charge is -2.62. The molecule has 0 spiro atoms. The molecule has 0 unspecified atom stereocenters. The molecule has 0 aromatic carbocycles. The summed E-state index contributed by atoms with van der Waals surface area (Å²) >= 11 is 0. The van der Waals surface area contributed by atoms with Gasteiger partial charge in [-0.3, -0.25) is 0 Å². The smallest absolute Gasteiger partial charge is 0.330 e. The summed E-state index contributed by atoms with van der Waals surface area (Å²) in [5.74, 6) is 0.921. The Labute approximate surface area is 144 Å². The van der Waals surface area contributed by atoms with Crippen LogP contribution >= 0.6 is 0 Å². The molecule has 4 nitrogen and oxygen atoms in total. The van der Waals surface area contributed by atoms with Crippen LogP contribution in [0.1, 0.15) is 51.4 Å². The van der Waals surface area contributed by atoms with Crippen molar-refractivity contribution in [2.24, 2.45) is 22.7 Å². The first-order valence-electron chi connectivity index (χ1n) is 9.07. The van der Waals surface area contributed by atoms with Crippen LogP contribution in [-0.2, 0) is 19.1 Å². The van der Waals surface area contributed by atoms with E-state index >= 15 is 0 Å². The van der Waals surface area contributed by atoms with Crippen molar-refractivity contribution in [2.75, 3.05) is 13.2 Å². The second kappa shape index (κ2) is 6.73. The summed E-state index contributed by atoms with van der Waals surface area (Å²) in [7, 11) is 0. The van der Waals surface area contributed by atoms with Crippen LogP contribution in [0.4, 0.5) is 0 Å². The van der Waals surface area contributed by atoms with Crippen LogP contribution in [0.25, 0.3) is 0 Å². The Morgan fingerprint density at radius 3 is 1.67 bits per heavy atom. The van der Waals surface area contributed by atoms with E-state index in [0.29, 0.717) is 24.0 Å². The van der Waals surface area contributed by atoms with Gasteiger partial charge in [0, 0.05) is 12.2 Å². The quantitative estimate of drug-likeness (QED) is 0.501. The molecule has 0 aromatic heterocycles. The minimum absolute atomic E-state index is 0.313. The van der Waals surface area contributed by atoms with Gasteiger partial charge in [-0.05, 0) is 74.0 Å². The number of carbonyl (C=O) groups is 2. The number of hydrogen-bond donors (Lipinski definition) is 0. The molecule has 0 aromatic rings. The Morgan fingerprint density at radius 1 is 0.875 bits per heavy atom. The third-order valence-electron chi connectivity index (χ3n) is 6.39. The van der Waals surface area contributed by atoms with E-state index in [1.54, 1.807) is 0 Å². The number of rotatable bonds is 8. The van der Waals surface area contributed by atoms with Gasteiger partial charge >= 0.3 is 11.9 Å². The van der Waals surface area contributed by atoms with Crippen LogP contribution in [0.3, 0.4) is 0 Å². The lowest BCUT2D eigenvalue weighted by atomic mass is 9.43. The average molecular weight is 332 g/mol. The van der Waals surface area contributed by atoms with Crippen LogP contribution in [-0.4, -0.2) is 25.2 Å². The molecule has 4 heteroatoms. The van der Waals surface area contributed by atoms with Gasteiger partial charge in [-0.1, -0.05) is 13.2 Å². The summed E-state index contributed by atoms with van der Waals surface area (Å²) in [6, 6.07) is 0. The van der Waals surface area contributed by atoms with Crippen molar-refractivity contribution >= 4 is 11.9 Å². The van der Waals surface area contributed by atoms with Crippen LogP contribution in [0, 0.1) is 22.7 Å². The minimum Gasteiger partial charge on any atom is -0.463 e. The van der Waals surface area contributed by atoms with E-state index in [2.05, 4.69) is 13.2 Å². The molecule has 0 radical (unpaired) electrons. The van der Waals surface area contributed by atoms with Crippen molar-refractivity contribution in [3.05, 3.63) is 25.3 Å². The van der Waals surface area contributed by atoms with Crippen LogP contribution in [0.5, 0.6) is 0 Å². The molecule has 0 aliphatic heterocycles. The van der Waals surface area contributed by atoms with E-state index < -0.39 is 0 Å². The van der Waals surface area contributed by atoms with Gasteiger partial charge in [0.1, 0.15) is 0 Å². The maximum atomic E-state index is 11.3. The highest BCUT2D eigenvalue weighted by atomic mass is 16.5. The minimum atomic E-state index is -0.328. The van der Waals surface area contributed by atoms with Gasteiger partial charge in [-0.2, -0.15) is 0 Å². The van der Waals surface area contributed by atoms with E-state index in [-0.39, 0.29) is 11.9 Å². The number of ether oxygens (including phenoxy) is 2. The van der Waals surface area contributed by atoms with Crippen molar-refractivity contribution in [1.82, 2.24) is 0 Å².